The molecule has 3 aromatic carbocycles. The summed E-state index contributed by atoms with van der Waals surface area (Å²) >= 11 is 0. The summed E-state index contributed by atoms with van der Waals surface area (Å²) in [6.45, 7) is 7.20. The van der Waals surface area contributed by atoms with Crippen LogP contribution in [0.3, 0.4) is 0 Å². The van der Waals surface area contributed by atoms with Gasteiger partial charge in [-0.2, -0.15) is 0 Å². The Morgan fingerprint density at radius 3 is 2.64 bits per heavy atom. The van der Waals surface area contributed by atoms with E-state index in [2.05, 4.69) is 43.2 Å². The Bertz CT molecular complexity index is 1230. The van der Waals surface area contributed by atoms with Crippen LogP contribution in [0.2, 0.25) is 0 Å². The summed E-state index contributed by atoms with van der Waals surface area (Å²) in [4.78, 5) is 17.4. The lowest BCUT2D eigenvalue weighted by Gasteiger charge is -2.08. The van der Waals surface area contributed by atoms with E-state index >= 15 is 0 Å². The molecule has 0 fully saturated rings. The third kappa shape index (κ3) is 5.43. The molecule has 1 atom stereocenters. The van der Waals surface area contributed by atoms with Crippen molar-refractivity contribution in [2.45, 2.75) is 46.0 Å². The molecule has 4 rings (SSSR count). The molecule has 1 amide bonds. The lowest BCUT2D eigenvalue weighted by Crippen LogP contribution is -2.11. The van der Waals surface area contributed by atoms with Crippen molar-refractivity contribution in [1.29, 1.82) is 0 Å². The number of oxazole rings is 1. The average molecular weight is 443 g/mol. The van der Waals surface area contributed by atoms with Crippen LogP contribution in [0, 0.1) is 0 Å². The highest BCUT2D eigenvalue weighted by atomic mass is 16.5. The van der Waals surface area contributed by atoms with Gasteiger partial charge in [-0.15, -0.1) is 0 Å². The van der Waals surface area contributed by atoms with Gasteiger partial charge in [0.05, 0.1) is 6.61 Å². The van der Waals surface area contributed by atoms with Crippen molar-refractivity contribution >= 4 is 22.7 Å². The number of carbonyl (C=O) groups is 1. The molecule has 0 unspecified atom stereocenters. The van der Waals surface area contributed by atoms with Crippen LogP contribution < -0.4 is 10.1 Å². The quantitative estimate of drug-likeness (QED) is 0.274. The van der Waals surface area contributed by atoms with Crippen molar-refractivity contribution < 1.29 is 13.9 Å². The maximum Gasteiger partial charge on any atom is 0.255 e. The molecular weight excluding hydrogens is 412 g/mol. The lowest BCUT2D eigenvalue weighted by molar-refractivity contribution is 0.102. The first-order chi connectivity index (χ1) is 16.1. The monoisotopic (exact) mass is 442 g/mol. The largest absolute Gasteiger partial charge is 0.494 e. The van der Waals surface area contributed by atoms with Gasteiger partial charge in [-0.25, -0.2) is 4.98 Å². The highest BCUT2D eigenvalue weighted by Crippen LogP contribution is 2.29. The molecule has 5 heteroatoms. The van der Waals surface area contributed by atoms with Crippen molar-refractivity contribution in [2.24, 2.45) is 0 Å². The Labute approximate surface area is 194 Å². The van der Waals surface area contributed by atoms with Crippen molar-refractivity contribution in [2.75, 3.05) is 11.9 Å². The van der Waals surface area contributed by atoms with Crippen LogP contribution in [0.4, 0.5) is 5.69 Å². The number of carbonyl (C=O) groups excluding carboxylic acids is 1. The molecule has 33 heavy (non-hydrogen) atoms. The second-order valence-corrected chi connectivity index (χ2v) is 8.32. The van der Waals surface area contributed by atoms with E-state index in [-0.39, 0.29) is 5.91 Å². The topological polar surface area (TPSA) is 64.4 Å². The molecule has 170 valence electrons. The molecule has 0 saturated carbocycles. The molecule has 1 aromatic heterocycles. The molecule has 1 N–H and O–H groups in total. The summed E-state index contributed by atoms with van der Waals surface area (Å²) in [5.41, 5.74) is 4.93. The van der Waals surface area contributed by atoms with Crippen LogP contribution in [0.5, 0.6) is 5.75 Å². The fourth-order valence-corrected chi connectivity index (χ4v) is 3.58. The fourth-order valence-electron chi connectivity index (χ4n) is 3.58. The van der Waals surface area contributed by atoms with E-state index in [0.29, 0.717) is 29.7 Å². The molecule has 0 spiro atoms. The number of aromatic nitrogens is 1. The van der Waals surface area contributed by atoms with Crippen LogP contribution in [-0.2, 0) is 0 Å². The number of nitrogens with one attached hydrogen (secondary N) is 1. The van der Waals surface area contributed by atoms with Crippen LogP contribution in [-0.4, -0.2) is 17.5 Å². The molecule has 0 aliphatic carbocycles. The Hall–Kier alpha value is -3.60. The number of ether oxygens (including phenoxy) is 1. The molecule has 0 bridgehead atoms. The van der Waals surface area contributed by atoms with Crippen molar-refractivity contribution in [3.05, 3.63) is 77.9 Å². The molecule has 0 radical (unpaired) electrons. The van der Waals surface area contributed by atoms with E-state index in [9.17, 15) is 4.79 Å². The molecular formula is C28H30N2O3. The van der Waals surface area contributed by atoms with Gasteiger partial charge in [0.25, 0.3) is 5.91 Å². The van der Waals surface area contributed by atoms with E-state index < -0.39 is 0 Å². The summed E-state index contributed by atoms with van der Waals surface area (Å²) in [5.74, 6) is 1.61. The van der Waals surface area contributed by atoms with Gasteiger partial charge in [0, 0.05) is 16.8 Å². The molecule has 5 nitrogen and oxygen atoms in total. The van der Waals surface area contributed by atoms with Gasteiger partial charge in [-0.1, -0.05) is 39.3 Å². The standard InChI is InChI=1S/C28H30N2O3/c1-4-6-16-32-24-13-10-20(11-14-24)27(31)29-23-9-7-8-22(17-23)28-30-25-18-21(19(3)5-2)12-15-26(25)33-28/h7-15,17-19H,4-6,16H2,1-3H3,(H,29,31)/t19-/m0/s1. The normalized spacial score (nSPS) is 12.0. The van der Waals surface area contributed by atoms with E-state index in [1.54, 1.807) is 12.1 Å². The molecule has 4 aromatic rings. The number of anilines is 1. The molecule has 0 aliphatic rings. The van der Waals surface area contributed by atoms with Gasteiger partial charge in [0.1, 0.15) is 11.3 Å². The molecule has 0 saturated heterocycles. The lowest BCUT2D eigenvalue weighted by atomic mass is 9.98. The number of hydrogen-bond donors (Lipinski definition) is 1. The first kappa shape index (κ1) is 22.6. The first-order valence-electron chi connectivity index (χ1n) is 11.6. The summed E-state index contributed by atoms with van der Waals surface area (Å²) in [6, 6.07) is 20.9. The predicted octanol–water partition coefficient (Wildman–Crippen LogP) is 7.44. The summed E-state index contributed by atoms with van der Waals surface area (Å²) in [7, 11) is 0. The Morgan fingerprint density at radius 2 is 1.88 bits per heavy atom. The summed E-state index contributed by atoms with van der Waals surface area (Å²) in [5, 5.41) is 2.96. The maximum absolute atomic E-state index is 12.7. The number of hydrogen-bond acceptors (Lipinski definition) is 4. The first-order valence-corrected chi connectivity index (χ1v) is 11.6. The Morgan fingerprint density at radius 1 is 1.06 bits per heavy atom. The number of rotatable bonds is 9. The minimum absolute atomic E-state index is 0.178. The minimum Gasteiger partial charge on any atom is -0.494 e. The van der Waals surface area contributed by atoms with Crippen LogP contribution in [0.15, 0.2) is 71.1 Å². The third-order valence-corrected chi connectivity index (χ3v) is 5.84. The van der Waals surface area contributed by atoms with E-state index in [1.165, 1.54) is 5.56 Å². The number of fused-ring (bicyclic) bond motifs is 1. The minimum atomic E-state index is -0.178. The second kappa shape index (κ2) is 10.3. The highest BCUT2D eigenvalue weighted by Gasteiger charge is 2.12. The van der Waals surface area contributed by atoms with Gasteiger partial charge < -0.3 is 14.5 Å². The summed E-state index contributed by atoms with van der Waals surface area (Å²) in [6.07, 6.45) is 3.17. The maximum atomic E-state index is 12.7. The zero-order valence-electron chi connectivity index (χ0n) is 19.4. The van der Waals surface area contributed by atoms with Crippen LogP contribution >= 0.6 is 0 Å². The van der Waals surface area contributed by atoms with Gasteiger partial charge in [0.2, 0.25) is 5.89 Å². The zero-order valence-corrected chi connectivity index (χ0v) is 19.4. The van der Waals surface area contributed by atoms with Gasteiger partial charge in [0.15, 0.2) is 5.58 Å². The van der Waals surface area contributed by atoms with E-state index in [0.717, 1.165) is 41.7 Å². The van der Waals surface area contributed by atoms with Crippen molar-refractivity contribution in [3.8, 4) is 17.2 Å². The SMILES string of the molecule is CCCCOc1ccc(C(=O)Nc2cccc(-c3nc4cc([C@@H](C)CC)ccc4o3)c2)cc1. The van der Waals surface area contributed by atoms with Gasteiger partial charge >= 0.3 is 0 Å². The Balaban J connectivity index is 1.48. The number of benzene rings is 3. The zero-order chi connectivity index (χ0) is 23.2. The summed E-state index contributed by atoms with van der Waals surface area (Å²) < 4.78 is 11.6. The highest BCUT2D eigenvalue weighted by molar-refractivity contribution is 6.04. The van der Waals surface area contributed by atoms with Crippen molar-refractivity contribution in [3.63, 3.8) is 0 Å². The number of nitrogens with zero attached hydrogens (tertiary/aromatic N) is 1. The average Bonchev–Trinajstić information content (AvgIpc) is 3.28. The molecule has 0 aliphatic heterocycles. The van der Waals surface area contributed by atoms with E-state index in [1.807, 2.05) is 42.5 Å². The van der Waals surface area contributed by atoms with E-state index in [4.69, 9.17) is 9.15 Å². The smallest absolute Gasteiger partial charge is 0.255 e. The number of amides is 1. The second-order valence-electron chi connectivity index (χ2n) is 8.32. The van der Waals surface area contributed by atoms with Crippen LogP contribution in [0.25, 0.3) is 22.6 Å². The third-order valence-electron chi connectivity index (χ3n) is 5.84. The molecule has 1 heterocycles. The van der Waals surface area contributed by atoms with Crippen molar-refractivity contribution in [1.82, 2.24) is 4.98 Å². The van der Waals surface area contributed by atoms with Crippen LogP contribution in [0.1, 0.15) is 61.9 Å². The predicted molar refractivity (Wildman–Crippen MR) is 133 cm³/mol. The Kier molecular flexibility index (Phi) is 7.08. The number of unbranched alkanes of at least 4 members (excludes halogenated alkanes) is 1. The van der Waals surface area contributed by atoms with Gasteiger partial charge in [-0.05, 0) is 78.9 Å². The fraction of sp³-hybridized carbons (Fsp3) is 0.286. The van der Waals surface area contributed by atoms with Gasteiger partial charge in [-0.3, -0.25) is 4.79 Å².